The number of hydrogen-bond donors (Lipinski definition) is 1. The Morgan fingerprint density at radius 2 is 1.67 bits per heavy atom. The molecule has 0 bridgehead atoms. The van der Waals surface area contributed by atoms with Crippen LogP contribution in [0.5, 0.6) is 11.5 Å². The molecule has 1 N–H and O–H groups in total. The van der Waals surface area contributed by atoms with Crippen LogP contribution in [0.25, 0.3) is 16.9 Å². The molecule has 4 rings (SSSR count). The van der Waals surface area contributed by atoms with Crippen LogP contribution in [0.2, 0.25) is 0 Å². The number of carbonyl (C=O) groups excluding carboxylic acids is 2. The quantitative estimate of drug-likeness (QED) is 0.318. The number of ether oxygens (including phenoxy) is 3. The summed E-state index contributed by atoms with van der Waals surface area (Å²) >= 11 is 0. The first-order valence-electron chi connectivity index (χ1n) is 11.5. The summed E-state index contributed by atoms with van der Waals surface area (Å²) in [6, 6.07) is 16.5. The van der Waals surface area contributed by atoms with E-state index < -0.39 is 17.4 Å². The first kappa shape index (κ1) is 25.1. The molecule has 190 valence electrons. The summed E-state index contributed by atoms with van der Waals surface area (Å²) in [7, 11) is 5.83. The van der Waals surface area contributed by atoms with Crippen LogP contribution in [-0.2, 0) is 14.9 Å². The van der Waals surface area contributed by atoms with Crippen LogP contribution < -0.4 is 9.47 Å². The van der Waals surface area contributed by atoms with Crippen LogP contribution in [-0.4, -0.2) is 78.4 Å². The normalized spacial score (nSPS) is 14.8. The summed E-state index contributed by atoms with van der Waals surface area (Å²) in [5.41, 5.74) is 1.82. The number of para-hydroxylation sites is 2. The lowest BCUT2D eigenvalue weighted by Crippen LogP contribution is -2.51. The van der Waals surface area contributed by atoms with Gasteiger partial charge in [-0.3, -0.25) is 10.0 Å². The van der Waals surface area contributed by atoms with E-state index in [0.717, 1.165) is 17.0 Å². The molecular formula is C26H30N4O6. The SMILES string of the molecule is COC(=O)C1(c2cc(-c3ccc(OC)cc3)n(-c3ccccc3OC)n2)CCN(C(=O)N(C)O)CC1. The molecule has 1 aliphatic heterocycles. The van der Waals surface area contributed by atoms with Crippen molar-refractivity contribution in [3.05, 3.63) is 60.3 Å². The largest absolute Gasteiger partial charge is 0.497 e. The third-order valence-electron chi connectivity index (χ3n) is 6.64. The fourth-order valence-electron chi connectivity index (χ4n) is 4.62. The number of piperidine rings is 1. The minimum absolute atomic E-state index is 0.262. The molecule has 1 fully saturated rings. The number of hydrogen-bond acceptors (Lipinski definition) is 7. The van der Waals surface area contributed by atoms with Gasteiger partial charge in [-0.1, -0.05) is 12.1 Å². The third kappa shape index (κ3) is 4.47. The Morgan fingerprint density at radius 3 is 2.25 bits per heavy atom. The maximum Gasteiger partial charge on any atom is 0.343 e. The maximum absolute atomic E-state index is 13.2. The summed E-state index contributed by atoms with van der Waals surface area (Å²) in [5, 5.41) is 15.0. The van der Waals surface area contributed by atoms with E-state index in [9.17, 15) is 14.8 Å². The summed E-state index contributed by atoms with van der Waals surface area (Å²) in [4.78, 5) is 27.0. The predicted molar refractivity (Wildman–Crippen MR) is 132 cm³/mol. The molecule has 10 heteroatoms. The Bertz CT molecular complexity index is 1230. The Hall–Kier alpha value is -4.05. The van der Waals surface area contributed by atoms with Crippen LogP contribution in [0.3, 0.4) is 0 Å². The highest BCUT2D eigenvalue weighted by atomic mass is 16.5. The lowest BCUT2D eigenvalue weighted by molar-refractivity contribution is -0.149. The number of nitrogens with zero attached hydrogens (tertiary/aromatic N) is 4. The molecule has 1 saturated heterocycles. The molecule has 2 amide bonds. The molecule has 3 aromatic rings. The van der Waals surface area contributed by atoms with Crippen molar-refractivity contribution in [3.8, 4) is 28.4 Å². The van der Waals surface area contributed by atoms with Crippen molar-refractivity contribution in [1.82, 2.24) is 19.7 Å². The predicted octanol–water partition coefficient (Wildman–Crippen LogP) is 3.50. The van der Waals surface area contributed by atoms with Gasteiger partial charge in [0.25, 0.3) is 0 Å². The molecule has 2 aromatic carbocycles. The van der Waals surface area contributed by atoms with Crippen molar-refractivity contribution in [2.75, 3.05) is 41.5 Å². The number of rotatable bonds is 6. The van der Waals surface area contributed by atoms with E-state index in [4.69, 9.17) is 19.3 Å². The minimum atomic E-state index is -1.06. The van der Waals surface area contributed by atoms with Crippen LogP contribution >= 0.6 is 0 Å². The van der Waals surface area contributed by atoms with Gasteiger partial charge in [0.2, 0.25) is 0 Å². The molecule has 0 aliphatic carbocycles. The highest BCUT2D eigenvalue weighted by molar-refractivity contribution is 5.84. The molecule has 0 saturated carbocycles. The minimum Gasteiger partial charge on any atom is -0.497 e. The van der Waals surface area contributed by atoms with Gasteiger partial charge in [-0.05, 0) is 55.3 Å². The van der Waals surface area contributed by atoms with Gasteiger partial charge >= 0.3 is 12.0 Å². The maximum atomic E-state index is 13.2. The van der Waals surface area contributed by atoms with Gasteiger partial charge in [-0.25, -0.2) is 14.5 Å². The molecular weight excluding hydrogens is 464 g/mol. The molecule has 1 aromatic heterocycles. The summed E-state index contributed by atoms with van der Waals surface area (Å²) in [5.74, 6) is 0.928. The van der Waals surface area contributed by atoms with E-state index in [1.807, 2.05) is 54.6 Å². The molecule has 36 heavy (non-hydrogen) atoms. The van der Waals surface area contributed by atoms with Gasteiger partial charge in [-0.2, -0.15) is 5.10 Å². The van der Waals surface area contributed by atoms with E-state index in [1.54, 1.807) is 18.9 Å². The standard InChI is InChI=1S/C26H30N4O6/c1-28(33)25(32)29-15-13-26(14-16-29,24(31)36-4)23-17-21(18-9-11-19(34-2)12-10-18)30(27-23)20-7-5-6-8-22(20)35-3/h5-12,17,33H,13-16H2,1-4H3. The first-order valence-corrected chi connectivity index (χ1v) is 11.5. The summed E-state index contributed by atoms with van der Waals surface area (Å²) in [6.45, 7) is 0.524. The van der Waals surface area contributed by atoms with E-state index in [1.165, 1.54) is 19.1 Å². The number of carbonyl (C=O) groups is 2. The van der Waals surface area contributed by atoms with Crippen LogP contribution in [0.15, 0.2) is 54.6 Å². The fourth-order valence-corrected chi connectivity index (χ4v) is 4.62. The molecule has 10 nitrogen and oxygen atoms in total. The average Bonchev–Trinajstić information content (AvgIpc) is 3.38. The fraction of sp³-hybridized carbons (Fsp3) is 0.346. The lowest BCUT2D eigenvalue weighted by Gasteiger charge is -2.39. The zero-order valence-electron chi connectivity index (χ0n) is 20.8. The monoisotopic (exact) mass is 494 g/mol. The van der Waals surface area contributed by atoms with Crippen molar-refractivity contribution >= 4 is 12.0 Å². The lowest BCUT2D eigenvalue weighted by atomic mass is 9.75. The Balaban J connectivity index is 1.84. The van der Waals surface area contributed by atoms with E-state index in [0.29, 0.717) is 35.0 Å². The molecule has 0 atom stereocenters. The van der Waals surface area contributed by atoms with E-state index in [2.05, 4.69) is 0 Å². The smallest absolute Gasteiger partial charge is 0.343 e. The van der Waals surface area contributed by atoms with Crippen LogP contribution in [0, 0.1) is 0 Å². The van der Waals surface area contributed by atoms with Gasteiger partial charge < -0.3 is 19.1 Å². The van der Waals surface area contributed by atoms with E-state index in [-0.39, 0.29) is 13.1 Å². The van der Waals surface area contributed by atoms with Gasteiger partial charge in [0.05, 0.1) is 32.7 Å². The second-order valence-electron chi connectivity index (χ2n) is 8.59. The van der Waals surface area contributed by atoms with E-state index >= 15 is 0 Å². The van der Waals surface area contributed by atoms with Gasteiger partial charge in [0.15, 0.2) is 0 Å². The summed E-state index contributed by atoms with van der Waals surface area (Å²) in [6.07, 6.45) is 0.592. The molecule has 0 spiro atoms. The van der Waals surface area contributed by atoms with Crippen molar-refractivity contribution < 1.29 is 29.0 Å². The highest BCUT2D eigenvalue weighted by Gasteiger charge is 2.47. The Morgan fingerprint density at radius 1 is 1.00 bits per heavy atom. The zero-order chi connectivity index (χ0) is 25.9. The third-order valence-corrected chi connectivity index (χ3v) is 6.64. The van der Waals surface area contributed by atoms with Crippen molar-refractivity contribution in [3.63, 3.8) is 0 Å². The van der Waals surface area contributed by atoms with Crippen molar-refractivity contribution in [2.45, 2.75) is 18.3 Å². The van der Waals surface area contributed by atoms with Gasteiger partial charge in [0.1, 0.15) is 22.6 Å². The van der Waals surface area contributed by atoms with Crippen LogP contribution in [0.1, 0.15) is 18.5 Å². The number of benzene rings is 2. The second kappa shape index (κ2) is 10.3. The highest BCUT2D eigenvalue weighted by Crippen LogP contribution is 2.40. The number of esters is 1. The number of hydroxylamine groups is 2. The molecule has 0 unspecified atom stereocenters. The number of aromatic nitrogens is 2. The molecule has 1 aliphatic rings. The van der Waals surface area contributed by atoms with Crippen molar-refractivity contribution in [1.29, 1.82) is 0 Å². The van der Waals surface area contributed by atoms with Crippen molar-refractivity contribution in [2.24, 2.45) is 0 Å². The Labute approximate surface area is 209 Å². The molecule has 0 radical (unpaired) electrons. The topological polar surface area (TPSA) is 106 Å². The summed E-state index contributed by atoms with van der Waals surface area (Å²) < 4.78 is 17.9. The average molecular weight is 495 g/mol. The van der Waals surface area contributed by atoms with Gasteiger partial charge in [0, 0.05) is 25.7 Å². The van der Waals surface area contributed by atoms with Gasteiger partial charge in [-0.15, -0.1) is 0 Å². The molecule has 2 heterocycles. The Kier molecular flexibility index (Phi) is 7.16. The van der Waals surface area contributed by atoms with Crippen LogP contribution in [0.4, 0.5) is 4.79 Å². The number of likely N-dealkylation sites (tertiary alicyclic amines) is 1. The number of urea groups is 1. The number of methoxy groups -OCH3 is 3. The zero-order valence-corrected chi connectivity index (χ0v) is 20.8. The number of amides is 2. The second-order valence-corrected chi connectivity index (χ2v) is 8.59. The first-order chi connectivity index (χ1) is 17.3.